The van der Waals surface area contributed by atoms with Gasteiger partial charge in [-0.1, -0.05) is 0 Å². The van der Waals surface area contributed by atoms with Crippen LogP contribution in [0.2, 0.25) is 0 Å². The van der Waals surface area contributed by atoms with Gasteiger partial charge in [-0.3, -0.25) is 0 Å². The second-order valence-corrected chi connectivity index (χ2v) is 0.593. The number of carbonyl (C=O) groups is 2. The zero-order valence-electron chi connectivity index (χ0n) is 4.17. The van der Waals surface area contributed by atoms with Crippen molar-refractivity contribution in [3.63, 3.8) is 0 Å². The summed E-state index contributed by atoms with van der Waals surface area (Å²) in [6, 6.07) is 0. The number of hydrogen-bond acceptors (Lipinski definition) is 3. The summed E-state index contributed by atoms with van der Waals surface area (Å²) in [5.41, 5.74) is 0. The topological polar surface area (TPSA) is 109 Å². The number of hydrogen-bond donors (Lipinski definition) is 1. The molecule has 0 aliphatic rings. The molecular weight excluding hydrogens is 127 g/mol. The Morgan fingerprint density at radius 1 is 1.38 bits per heavy atom. The Kier molecular flexibility index (Phi) is 13.5. The van der Waals surface area contributed by atoms with Gasteiger partial charge in [-0.25, -0.2) is 4.79 Å². The molecule has 0 aromatic heterocycles. The number of carbonyl (C=O) groups excluding carboxylic acids is 1. The normalized spacial score (nSPS) is 5.50. The van der Waals surface area contributed by atoms with Gasteiger partial charge in [0.1, 0.15) is 0 Å². The van der Waals surface area contributed by atoms with Crippen LogP contribution in [0.5, 0.6) is 0 Å². The minimum Gasteiger partial charge on any atom is -0.539 e. The first-order valence-electron chi connectivity index (χ1n) is 1.09. The molecule has 0 atom stereocenters. The van der Waals surface area contributed by atoms with Crippen molar-refractivity contribution in [2.75, 3.05) is 0 Å². The van der Waals surface area contributed by atoms with Crippen LogP contribution in [0.1, 0.15) is 0 Å². The molecule has 0 fully saturated rings. The van der Waals surface area contributed by atoms with E-state index in [0.717, 1.165) is 0 Å². The quantitative estimate of drug-likeness (QED) is 0.260. The Labute approximate surface area is 66.9 Å². The van der Waals surface area contributed by atoms with E-state index in [1.807, 2.05) is 0 Å². The molecule has 0 aliphatic carbocycles. The summed E-state index contributed by atoms with van der Waals surface area (Å²) < 4.78 is 0. The van der Waals surface area contributed by atoms with Crippen LogP contribution < -0.4 is 34.7 Å². The van der Waals surface area contributed by atoms with Gasteiger partial charge in [-0.15, -0.1) is 0 Å². The molecule has 6 heteroatoms. The molecule has 0 heterocycles. The Bertz CT molecular complexity index is 76.4. The van der Waals surface area contributed by atoms with Crippen LogP contribution in [0.4, 0.5) is 0 Å². The van der Waals surface area contributed by atoms with Crippen LogP contribution in [0.25, 0.3) is 0 Å². The Morgan fingerprint density at radius 3 is 1.50 bits per heavy atom. The summed E-state index contributed by atoms with van der Waals surface area (Å²) in [7, 11) is 0. The summed E-state index contributed by atoms with van der Waals surface area (Å²) in [5, 5.41) is 16.3. The van der Waals surface area contributed by atoms with E-state index < -0.39 is 11.9 Å². The van der Waals surface area contributed by atoms with Crippen molar-refractivity contribution < 1.29 is 54.8 Å². The molecule has 8 heavy (non-hydrogen) atoms. The summed E-state index contributed by atoms with van der Waals surface area (Å²) in [6.07, 6.45) is 0. The SMILES string of the molecule is O.O=C([O-])C(=O)O.[Na+]. The molecule has 0 radical (unpaired) electrons. The maximum absolute atomic E-state index is 9.04. The van der Waals surface area contributed by atoms with Crippen molar-refractivity contribution in [3.8, 4) is 0 Å². The fraction of sp³-hybridized carbons (Fsp3) is 0. The van der Waals surface area contributed by atoms with Crippen molar-refractivity contribution in [1.82, 2.24) is 0 Å². The zero-order valence-corrected chi connectivity index (χ0v) is 6.17. The monoisotopic (exact) mass is 130 g/mol. The largest absolute Gasteiger partial charge is 1.00 e. The molecule has 0 rings (SSSR count). The van der Waals surface area contributed by atoms with Crippen molar-refractivity contribution in [3.05, 3.63) is 0 Å². The number of carboxylic acids is 2. The number of rotatable bonds is 0. The Morgan fingerprint density at radius 2 is 1.50 bits per heavy atom. The van der Waals surface area contributed by atoms with E-state index in [9.17, 15) is 0 Å². The minimum absolute atomic E-state index is 0. The van der Waals surface area contributed by atoms with E-state index >= 15 is 0 Å². The van der Waals surface area contributed by atoms with Gasteiger partial charge in [0.25, 0.3) is 0 Å². The van der Waals surface area contributed by atoms with Crippen LogP contribution in [0.15, 0.2) is 0 Å². The fourth-order valence-corrected chi connectivity index (χ4v) is 0. The molecule has 0 bridgehead atoms. The van der Waals surface area contributed by atoms with E-state index in [1.54, 1.807) is 0 Å². The molecule has 0 aromatic carbocycles. The van der Waals surface area contributed by atoms with E-state index in [1.165, 1.54) is 0 Å². The molecular formula is C2H3NaO5. The number of carboxylic acid groups (broad SMARTS) is 2. The minimum atomic E-state index is -2.07. The average molecular weight is 130 g/mol. The predicted molar refractivity (Wildman–Crippen MR) is 16.3 cm³/mol. The van der Waals surface area contributed by atoms with Gasteiger partial charge in [0.05, 0.1) is 0 Å². The first-order valence-corrected chi connectivity index (χ1v) is 1.09. The first-order chi connectivity index (χ1) is 2.64. The number of aliphatic carboxylic acids is 2. The molecule has 0 saturated heterocycles. The van der Waals surface area contributed by atoms with Gasteiger partial charge >= 0.3 is 35.5 Å². The van der Waals surface area contributed by atoms with Gasteiger partial charge in [-0.05, 0) is 0 Å². The second-order valence-electron chi connectivity index (χ2n) is 0.593. The zero-order chi connectivity index (χ0) is 5.15. The van der Waals surface area contributed by atoms with E-state index in [4.69, 9.17) is 19.8 Å². The molecule has 3 N–H and O–H groups in total. The average Bonchev–Trinajstić information content (AvgIpc) is 1.36. The van der Waals surface area contributed by atoms with Crippen LogP contribution in [-0.4, -0.2) is 22.5 Å². The predicted octanol–water partition coefficient (Wildman–Crippen LogP) is -6.00. The van der Waals surface area contributed by atoms with E-state index in [-0.39, 0.29) is 35.0 Å². The Hall–Kier alpha value is -0.100. The molecule has 0 spiro atoms. The van der Waals surface area contributed by atoms with Gasteiger partial charge in [-0.2, -0.15) is 0 Å². The molecule has 5 nitrogen and oxygen atoms in total. The van der Waals surface area contributed by atoms with Gasteiger partial charge in [0.2, 0.25) is 0 Å². The van der Waals surface area contributed by atoms with Crippen LogP contribution in [-0.2, 0) is 9.59 Å². The van der Waals surface area contributed by atoms with Crippen LogP contribution in [0.3, 0.4) is 0 Å². The third kappa shape index (κ3) is 9.31. The molecule has 0 aromatic rings. The third-order valence-electron chi connectivity index (χ3n) is 0.175. The van der Waals surface area contributed by atoms with Crippen molar-refractivity contribution >= 4 is 11.9 Å². The standard InChI is InChI=1S/C2H2O4.Na.H2O/c3-1(4)2(5)6;;/h(H,3,4)(H,5,6);;1H2/q;+1;/p-1. The van der Waals surface area contributed by atoms with E-state index in [2.05, 4.69) is 0 Å². The summed E-state index contributed by atoms with van der Waals surface area (Å²) >= 11 is 0. The maximum Gasteiger partial charge on any atom is 1.00 e. The van der Waals surface area contributed by atoms with Gasteiger partial charge < -0.3 is 20.5 Å². The maximum atomic E-state index is 9.04. The molecule has 0 saturated carbocycles. The molecule has 0 aliphatic heterocycles. The Balaban J connectivity index is -0.000000125. The third-order valence-corrected chi connectivity index (χ3v) is 0.175. The smallest absolute Gasteiger partial charge is 0.539 e. The molecule has 0 amide bonds. The summed E-state index contributed by atoms with van der Waals surface area (Å²) in [5.74, 6) is -4.01. The second kappa shape index (κ2) is 6.90. The fourth-order valence-electron chi connectivity index (χ4n) is 0. The van der Waals surface area contributed by atoms with Crippen LogP contribution >= 0.6 is 0 Å². The molecule has 0 unspecified atom stereocenters. The van der Waals surface area contributed by atoms with Gasteiger partial charge in [0, 0.05) is 0 Å². The van der Waals surface area contributed by atoms with Crippen molar-refractivity contribution in [1.29, 1.82) is 0 Å². The van der Waals surface area contributed by atoms with E-state index in [0.29, 0.717) is 0 Å². The van der Waals surface area contributed by atoms with Crippen molar-refractivity contribution in [2.24, 2.45) is 0 Å². The summed E-state index contributed by atoms with van der Waals surface area (Å²) in [4.78, 5) is 18.0. The molecule has 42 valence electrons. The van der Waals surface area contributed by atoms with Gasteiger partial charge in [0.15, 0.2) is 5.97 Å². The van der Waals surface area contributed by atoms with Crippen molar-refractivity contribution in [2.45, 2.75) is 0 Å². The first kappa shape index (κ1) is 15.7. The summed E-state index contributed by atoms with van der Waals surface area (Å²) in [6.45, 7) is 0. The van der Waals surface area contributed by atoms with Crippen LogP contribution in [0, 0.1) is 0 Å².